The maximum absolute atomic E-state index is 14.4. The Morgan fingerprint density at radius 1 is 1.32 bits per heavy atom. The van der Waals surface area contributed by atoms with Crippen molar-refractivity contribution in [2.75, 3.05) is 7.11 Å². The number of benzene rings is 1. The van der Waals surface area contributed by atoms with Gasteiger partial charge in [0, 0.05) is 23.6 Å². The summed E-state index contributed by atoms with van der Waals surface area (Å²) in [6.07, 6.45) is 2.64. The summed E-state index contributed by atoms with van der Waals surface area (Å²) < 4.78 is 11.1. The number of carboxylic acid groups (broad SMARTS) is 1. The zero-order valence-electron chi connectivity index (χ0n) is 23.0. The highest BCUT2D eigenvalue weighted by Crippen LogP contribution is 2.54. The Morgan fingerprint density at radius 3 is 2.58 bits per heavy atom. The van der Waals surface area contributed by atoms with Gasteiger partial charge in [-0.1, -0.05) is 52.8 Å². The molecule has 1 amide bonds. The molecule has 1 aromatic carbocycles. The standard InChI is InChI=1S/C28H36N4O5S/c1-8-21-30-23(31-37-21)18-15-28(26(34)35,14-16(2)3)32(22(18)24-29-11-12-38-24)25(33)17-9-10-19(27(4,5)6)20(13-17)36-7/h9-13,16,18,22H,8,14-15H2,1-7H3,(H,34,35)/t18-,22-,28+/m1/s1. The summed E-state index contributed by atoms with van der Waals surface area (Å²) in [5, 5.41) is 17.4. The van der Waals surface area contributed by atoms with Crippen molar-refractivity contribution in [3.8, 4) is 5.75 Å². The van der Waals surface area contributed by atoms with E-state index in [0.717, 1.165) is 5.56 Å². The lowest BCUT2D eigenvalue weighted by Crippen LogP contribution is -2.54. The summed E-state index contributed by atoms with van der Waals surface area (Å²) in [5.74, 6) is -0.497. The van der Waals surface area contributed by atoms with Gasteiger partial charge in [-0.2, -0.15) is 4.98 Å². The molecule has 0 bridgehead atoms. The molecule has 0 radical (unpaired) electrons. The van der Waals surface area contributed by atoms with Crippen molar-refractivity contribution in [3.63, 3.8) is 0 Å². The van der Waals surface area contributed by atoms with E-state index in [0.29, 0.717) is 34.5 Å². The minimum atomic E-state index is -1.49. The number of carbonyl (C=O) groups is 2. The number of likely N-dealkylation sites (tertiary alicyclic amines) is 1. The highest BCUT2D eigenvalue weighted by molar-refractivity contribution is 7.09. The van der Waals surface area contributed by atoms with E-state index >= 15 is 0 Å². The van der Waals surface area contributed by atoms with Crippen LogP contribution in [-0.4, -0.2) is 49.7 Å². The van der Waals surface area contributed by atoms with Crippen LogP contribution in [0.3, 0.4) is 0 Å². The fourth-order valence-electron chi connectivity index (χ4n) is 5.52. The lowest BCUT2D eigenvalue weighted by atomic mass is 9.83. The predicted molar refractivity (Wildman–Crippen MR) is 144 cm³/mol. The van der Waals surface area contributed by atoms with E-state index in [1.807, 2.05) is 32.2 Å². The van der Waals surface area contributed by atoms with Gasteiger partial charge in [-0.25, -0.2) is 9.78 Å². The van der Waals surface area contributed by atoms with Crippen molar-refractivity contribution >= 4 is 23.2 Å². The molecule has 0 unspecified atom stereocenters. The number of aromatic nitrogens is 3. The number of rotatable bonds is 8. The lowest BCUT2D eigenvalue weighted by molar-refractivity contribution is -0.150. The maximum Gasteiger partial charge on any atom is 0.329 e. The Kier molecular flexibility index (Phi) is 7.65. The van der Waals surface area contributed by atoms with Crippen LogP contribution in [0.25, 0.3) is 0 Å². The van der Waals surface area contributed by atoms with Crippen molar-refractivity contribution in [1.82, 2.24) is 20.0 Å². The molecular weight excluding hydrogens is 504 g/mol. The average Bonchev–Trinajstić information content (AvgIpc) is 3.61. The SMILES string of the molecule is CCc1nc([C@@H]2C[C@@](CC(C)C)(C(=O)O)N(C(=O)c3ccc(C(C)(C)C)c(OC)c3)[C@H]2c2nccs2)no1. The molecule has 1 fully saturated rings. The minimum absolute atomic E-state index is 0.00590. The second-order valence-corrected chi connectivity index (χ2v) is 12.2. The Hall–Kier alpha value is -3.27. The number of hydrogen-bond donors (Lipinski definition) is 1. The van der Waals surface area contributed by atoms with E-state index in [2.05, 4.69) is 35.9 Å². The second-order valence-electron chi connectivity index (χ2n) is 11.3. The van der Waals surface area contributed by atoms with E-state index in [1.165, 1.54) is 16.2 Å². The Balaban J connectivity index is 1.92. The van der Waals surface area contributed by atoms with E-state index in [4.69, 9.17) is 9.26 Å². The van der Waals surface area contributed by atoms with Gasteiger partial charge in [0.1, 0.15) is 16.3 Å². The van der Waals surface area contributed by atoms with Gasteiger partial charge >= 0.3 is 5.97 Å². The molecule has 1 N–H and O–H groups in total. The number of carbonyl (C=O) groups excluding carboxylic acids is 1. The number of ether oxygens (including phenoxy) is 1. The molecule has 3 atom stereocenters. The quantitative estimate of drug-likeness (QED) is 0.390. The number of aryl methyl sites for hydroxylation is 1. The minimum Gasteiger partial charge on any atom is -0.496 e. The topological polar surface area (TPSA) is 119 Å². The molecule has 1 aliphatic heterocycles. The monoisotopic (exact) mass is 540 g/mol. The van der Waals surface area contributed by atoms with Gasteiger partial charge < -0.3 is 19.3 Å². The van der Waals surface area contributed by atoms with Crippen LogP contribution in [0.5, 0.6) is 5.75 Å². The molecule has 0 saturated carbocycles. The van der Waals surface area contributed by atoms with Gasteiger partial charge in [0.2, 0.25) is 5.89 Å². The van der Waals surface area contributed by atoms with Gasteiger partial charge in [0.15, 0.2) is 5.82 Å². The highest BCUT2D eigenvalue weighted by Gasteiger charge is 2.61. The van der Waals surface area contributed by atoms with Crippen molar-refractivity contribution in [2.24, 2.45) is 5.92 Å². The number of thiazole rings is 1. The number of methoxy groups -OCH3 is 1. The fraction of sp³-hybridized carbons (Fsp3) is 0.536. The van der Waals surface area contributed by atoms with Crippen molar-refractivity contribution in [1.29, 1.82) is 0 Å². The third-order valence-electron chi connectivity index (χ3n) is 7.12. The zero-order chi connectivity index (χ0) is 27.8. The molecule has 3 aromatic rings. The first kappa shape index (κ1) is 27.8. The largest absolute Gasteiger partial charge is 0.496 e. The third kappa shape index (κ3) is 4.93. The molecule has 0 spiro atoms. The van der Waals surface area contributed by atoms with Crippen molar-refractivity contribution in [3.05, 3.63) is 57.6 Å². The van der Waals surface area contributed by atoms with Crippen LogP contribution in [-0.2, 0) is 16.6 Å². The van der Waals surface area contributed by atoms with Gasteiger partial charge in [-0.15, -0.1) is 11.3 Å². The molecule has 9 nitrogen and oxygen atoms in total. The van der Waals surface area contributed by atoms with Crippen LogP contribution in [0.1, 0.15) is 99.0 Å². The summed E-state index contributed by atoms with van der Waals surface area (Å²) in [5.41, 5.74) is -0.380. The molecule has 38 heavy (non-hydrogen) atoms. The maximum atomic E-state index is 14.4. The number of amides is 1. The van der Waals surface area contributed by atoms with Crippen molar-refractivity contribution < 1.29 is 24.0 Å². The first-order valence-electron chi connectivity index (χ1n) is 12.9. The van der Waals surface area contributed by atoms with Gasteiger partial charge in [-0.3, -0.25) is 4.79 Å². The van der Waals surface area contributed by atoms with E-state index in [-0.39, 0.29) is 24.2 Å². The molecule has 1 aliphatic rings. The Labute approximate surface area is 227 Å². The summed E-state index contributed by atoms with van der Waals surface area (Å²) in [6, 6.07) is 4.67. The fourth-order valence-corrected chi connectivity index (χ4v) is 6.31. The van der Waals surface area contributed by atoms with Crippen LogP contribution < -0.4 is 4.74 Å². The van der Waals surface area contributed by atoms with Crippen LogP contribution in [0.4, 0.5) is 0 Å². The molecule has 3 heterocycles. The van der Waals surface area contributed by atoms with E-state index in [9.17, 15) is 14.7 Å². The van der Waals surface area contributed by atoms with Gasteiger partial charge in [-0.05, 0) is 41.9 Å². The number of hydrogen-bond acceptors (Lipinski definition) is 8. The normalized spacial score (nSPS) is 21.7. The molecule has 204 valence electrons. The van der Waals surface area contributed by atoms with Crippen molar-refractivity contribution in [2.45, 2.75) is 83.7 Å². The molecule has 2 aromatic heterocycles. The van der Waals surface area contributed by atoms with Crippen LogP contribution in [0.15, 0.2) is 34.3 Å². The van der Waals surface area contributed by atoms with Gasteiger partial charge in [0.25, 0.3) is 5.91 Å². The van der Waals surface area contributed by atoms with E-state index in [1.54, 1.807) is 25.4 Å². The average molecular weight is 541 g/mol. The van der Waals surface area contributed by atoms with Crippen LogP contribution >= 0.6 is 11.3 Å². The molecule has 1 saturated heterocycles. The number of aliphatic carboxylic acids is 1. The smallest absolute Gasteiger partial charge is 0.329 e. The third-order valence-corrected chi connectivity index (χ3v) is 7.97. The van der Waals surface area contributed by atoms with E-state index < -0.39 is 29.4 Å². The highest BCUT2D eigenvalue weighted by atomic mass is 32.1. The Bertz CT molecular complexity index is 1300. The summed E-state index contributed by atoms with van der Waals surface area (Å²) in [4.78, 5) is 38.2. The molecule has 4 rings (SSSR count). The first-order chi connectivity index (χ1) is 17.9. The number of carboxylic acids is 1. The molecule has 10 heteroatoms. The zero-order valence-corrected chi connectivity index (χ0v) is 23.8. The lowest BCUT2D eigenvalue weighted by Gasteiger charge is -2.38. The summed E-state index contributed by atoms with van der Waals surface area (Å²) in [7, 11) is 1.57. The molecular formula is C28H36N4O5S. The van der Waals surface area contributed by atoms with Gasteiger partial charge in [0.05, 0.1) is 19.1 Å². The summed E-state index contributed by atoms with van der Waals surface area (Å²) >= 11 is 1.38. The number of nitrogens with zero attached hydrogens (tertiary/aromatic N) is 4. The summed E-state index contributed by atoms with van der Waals surface area (Å²) in [6.45, 7) is 12.1. The second kappa shape index (κ2) is 10.5. The first-order valence-corrected chi connectivity index (χ1v) is 13.8. The van der Waals surface area contributed by atoms with Crippen LogP contribution in [0.2, 0.25) is 0 Å². The Morgan fingerprint density at radius 2 is 2.05 bits per heavy atom. The van der Waals surface area contributed by atoms with Crippen LogP contribution in [0, 0.1) is 5.92 Å². The predicted octanol–water partition coefficient (Wildman–Crippen LogP) is 5.64. The molecule has 0 aliphatic carbocycles.